The van der Waals surface area contributed by atoms with Crippen LogP contribution in [0, 0.1) is 0 Å². The van der Waals surface area contributed by atoms with Crippen LogP contribution in [-0.2, 0) is 23.1 Å². The van der Waals surface area contributed by atoms with Crippen molar-refractivity contribution in [1.29, 1.82) is 0 Å². The molecule has 2 aromatic rings. The standard InChI is InChI=1S/C11H11BrClN3O4S/c1-2-10-15-9(16-20-10)5-19-11-7(13)3-6(12)4-8(11)21(14,17)18/h3-4H,2,5H2,1H3,(H2,14,17,18). The molecular weight excluding hydrogens is 386 g/mol. The van der Waals surface area contributed by atoms with E-state index in [1.54, 1.807) is 0 Å². The maximum atomic E-state index is 11.6. The highest BCUT2D eigenvalue weighted by molar-refractivity contribution is 9.10. The smallest absolute Gasteiger partial charge is 0.241 e. The third-order valence-electron chi connectivity index (χ3n) is 2.44. The zero-order chi connectivity index (χ0) is 15.6. The number of benzene rings is 1. The Labute approximate surface area is 134 Å². The van der Waals surface area contributed by atoms with Gasteiger partial charge in [0.2, 0.25) is 21.7 Å². The van der Waals surface area contributed by atoms with E-state index in [2.05, 4.69) is 26.1 Å². The van der Waals surface area contributed by atoms with Gasteiger partial charge in [0.15, 0.2) is 12.4 Å². The molecule has 0 radical (unpaired) electrons. The highest BCUT2D eigenvalue weighted by Crippen LogP contribution is 2.35. The number of ether oxygens (including phenoxy) is 1. The van der Waals surface area contributed by atoms with E-state index >= 15 is 0 Å². The van der Waals surface area contributed by atoms with Crippen LogP contribution < -0.4 is 9.88 Å². The Morgan fingerprint density at radius 1 is 1.48 bits per heavy atom. The summed E-state index contributed by atoms with van der Waals surface area (Å²) in [6.07, 6.45) is 0.592. The zero-order valence-electron chi connectivity index (χ0n) is 10.8. The Morgan fingerprint density at radius 3 is 2.76 bits per heavy atom. The molecule has 0 amide bonds. The molecule has 0 atom stereocenters. The summed E-state index contributed by atoms with van der Waals surface area (Å²) in [4.78, 5) is 3.83. The summed E-state index contributed by atoms with van der Waals surface area (Å²) in [5.41, 5.74) is 0. The number of aryl methyl sites for hydroxylation is 1. The maximum absolute atomic E-state index is 11.6. The van der Waals surface area contributed by atoms with E-state index in [0.717, 1.165) is 0 Å². The number of halogens is 2. The van der Waals surface area contributed by atoms with Gasteiger partial charge in [0, 0.05) is 10.9 Å². The fourth-order valence-corrected chi connectivity index (χ4v) is 3.31. The molecule has 2 N–H and O–H groups in total. The Hall–Kier alpha value is -1.16. The topological polar surface area (TPSA) is 108 Å². The second-order valence-corrected chi connectivity index (χ2v) is 6.86. The number of nitrogens with two attached hydrogens (primary N) is 1. The second kappa shape index (κ2) is 6.30. The van der Waals surface area contributed by atoms with Crippen molar-refractivity contribution in [3.8, 4) is 5.75 Å². The Kier molecular flexibility index (Phi) is 4.87. The number of rotatable bonds is 5. The average Bonchev–Trinajstić information content (AvgIpc) is 2.83. The SMILES string of the molecule is CCc1nc(COc2c(Cl)cc(Br)cc2S(N)(=O)=O)no1. The van der Waals surface area contributed by atoms with Gasteiger partial charge in [0.25, 0.3) is 0 Å². The maximum Gasteiger partial charge on any atom is 0.241 e. The largest absolute Gasteiger partial charge is 0.482 e. The Balaban J connectivity index is 2.31. The summed E-state index contributed by atoms with van der Waals surface area (Å²) in [5.74, 6) is 0.693. The summed E-state index contributed by atoms with van der Waals surface area (Å²) in [5, 5.41) is 8.95. The van der Waals surface area contributed by atoms with E-state index in [4.69, 9.17) is 26.0 Å². The molecule has 1 heterocycles. The van der Waals surface area contributed by atoms with Crippen LogP contribution >= 0.6 is 27.5 Å². The lowest BCUT2D eigenvalue weighted by Gasteiger charge is -2.11. The predicted octanol–water partition coefficient (Wildman–Crippen LogP) is 2.27. The molecule has 0 fully saturated rings. The Bertz CT molecular complexity index is 763. The van der Waals surface area contributed by atoms with Gasteiger partial charge in [0.1, 0.15) is 4.90 Å². The minimum absolute atomic E-state index is 0.0507. The first-order valence-corrected chi connectivity index (χ1v) is 8.49. The first kappa shape index (κ1) is 16.2. The van der Waals surface area contributed by atoms with Crippen molar-refractivity contribution in [2.45, 2.75) is 24.8 Å². The van der Waals surface area contributed by atoms with Crippen molar-refractivity contribution in [2.24, 2.45) is 5.14 Å². The van der Waals surface area contributed by atoms with Crippen LogP contribution in [0.3, 0.4) is 0 Å². The highest BCUT2D eigenvalue weighted by Gasteiger charge is 2.20. The number of hydrogen-bond acceptors (Lipinski definition) is 6. The van der Waals surface area contributed by atoms with Crippen molar-refractivity contribution < 1.29 is 17.7 Å². The number of nitrogens with zero attached hydrogens (tertiary/aromatic N) is 2. The second-order valence-electron chi connectivity index (χ2n) is 4.01. The van der Waals surface area contributed by atoms with Crippen molar-refractivity contribution in [3.63, 3.8) is 0 Å². The molecule has 2 rings (SSSR count). The van der Waals surface area contributed by atoms with Crippen molar-refractivity contribution in [2.75, 3.05) is 0 Å². The van der Waals surface area contributed by atoms with Gasteiger partial charge in [-0.15, -0.1) is 0 Å². The fraction of sp³-hybridized carbons (Fsp3) is 0.273. The highest BCUT2D eigenvalue weighted by atomic mass is 79.9. The molecule has 0 aliphatic heterocycles. The number of primary sulfonamides is 1. The van der Waals surface area contributed by atoms with Gasteiger partial charge >= 0.3 is 0 Å². The molecule has 0 unspecified atom stereocenters. The molecule has 0 spiro atoms. The first-order chi connectivity index (χ1) is 9.81. The van der Waals surface area contributed by atoms with E-state index in [1.807, 2.05) is 6.92 Å². The van der Waals surface area contributed by atoms with Crippen LogP contribution in [0.2, 0.25) is 5.02 Å². The first-order valence-electron chi connectivity index (χ1n) is 5.77. The molecule has 114 valence electrons. The lowest BCUT2D eigenvalue weighted by atomic mass is 10.3. The summed E-state index contributed by atoms with van der Waals surface area (Å²) in [7, 11) is -3.99. The minimum Gasteiger partial charge on any atom is -0.482 e. The fourth-order valence-electron chi connectivity index (χ4n) is 1.52. The van der Waals surface area contributed by atoms with E-state index < -0.39 is 10.0 Å². The van der Waals surface area contributed by atoms with Crippen molar-refractivity contribution >= 4 is 37.6 Å². The van der Waals surface area contributed by atoms with E-state index in [0.29, 0.717) is 16.8 Å². The van der Waals surface area contributed by atoms with Gasteiger partial charge in [-0.05, 0) is 12.1 Å². The molecule has 0 aliphatic rings. The van der Waals surface area contributed by atoms with Gasteiger partial charge in [0.05, 0.1) is 5.02 Å². The molecule has 10 heteroatoms. The summed E-state index contributed by atoms with van der Waals surface area (Å²) < 4.78 is 34.0. The molecule has 1 aromatic carbocycles. The Morgan fingerprint density at radius 2 is 2.19 bits per heavy atom. The van der Waals surface area contributed by atoms with Crippen LogP contribution in [0.15, 0.2) is 26.0 Å². The van der Waals surface area contributed by atoms with E-state index in [-0.39, 0.29) is 28.1 Å². The quantitative estimate of drug-likeness (QED) is 0.830. The van der Waals surface area contributed by atoms with Gasteiger partial charge in [-0.2, -0.15) is 4.98 Å². The number of sulfonamides is 1. The van der Waals surface area contributed by atoms with Crippen LogP contribution in [0.4, 0.5) is 0 Å². The molecular formula is C11H11BrClN3O4S. The summed E-state index contributed by atoms with van der Waals surface area (Å²) >= 11 is 9.15. The third kappa shape index (κ3) is 3.94. The summed E-state index contributed by atoms with van der Waals surface area (Å²) in [6, 6.07) is 2.81. The van der Waals surface area contributed by atoms with E-state index in [9.17, 15) is 8.42 Å². The zero-order valence-corrected chi connectivity index (χ0v) is 14.0. The average molecular weight is 397 g/mol. The molecule has 7 nitrogen and oxygen atoms in total. The van der Waals surface area contributed by atoms with Crippen molar-refractivity contribution in [1.82, 2.24) is 10.1 Å². The molecule has 0 aliphatic carbocycles. The van der Waals surface area contributed by atoms with Crippen LogP contribution in [0.1, 0.15) is 18.6 Å². The minimum atomic E-state index is -3.99. The lowest BCUT2D eigenvalue weighted by molar-refractivity contribution is 0.278. The molecule has 0 saturated heterocycles. The van der Waals surface area contributed by atoms with Gasteiger partial charge in [-0.3, -0.25) is 0 Å². The van der Waals surface area contributed by atoms with Crippen LogP contribution in [0.25, 0.3) is 0 Å². The third-order valence-corrected chi connectivity index (χ3v) is 4.09. The molecule has 0 saturated carbocycles. The monoisotopic (exact) mass is 395 g/mol. The summed E-state index contributed by atoms with van der Waals surface area (Å²) in [6.45, 7) is 1.77. The molecule has 0 bridgehead atoms. The van der Waals surface area contributed by atoms with Gasteiger partial charge in [-0.1, -0.05) is 39.6 Å². The van der Waals surface area contributed by atoms with Crippen LogP contribution in [-0.4, -0.2) is 18.6 Å². The van der Waals surface area contributed by atoms with Crippen LogP contribution in [0.5, 0.6) is 5.75 Å². The lowest BCUT2D eigenvalue weighted by Crippen LogP contribution is -2.14. The van der Waals surface area contributed by atoms with Gasteiger partial charge in [-0.25, -0.2) is 13.6 Å². The predicted molar refractivity (Wildman–Crippen MR) is 78.5 cm³/mol. The van der Waals surface area contributed by atoms with E-state index in [1.165, 1.54) is 12.1 Å². The number of aromatic nitrogens is 2. The normalized spacial score (nSPS) is 11.6. The molecule has 21 heavy (non-hydrogen) atoms. The van der Waals surface area contributed by atoms with Crippen molar-refractivity contribution in [3.05, 3.63) is 33.3 Å². The molecule has 1 aromatic heterocycles. The number of hydrogen-bond donors (Lipinski definition) is 1. The van der Waals surface area contributed by atoms with Gasteiger partial charge < -0.3 is 9.26 Å².